The third-order valence-corrected chi connectivity index (χ3v) is 8.22. The zero-order valence-electron chi connectivity index (χ0n) is 15.1. The zero-order valence-corrected chi connectivity index (χ0v) is 18.3. The second-order valence-corrected chi connectivity index (χ2v) is 11.4. The van der Waals surface area contributed by atoms with Crippen molar-refractivity contribution in [3.63, 3.8) is 0 Å². The van der Waals surface area contributed by atoms with Gasteiger partial charge >= 0.3 is 0 Å². The van der Waals surface area contributed by atoms with E-state index in [0.29, 0.717) is 36.9 Å². The average Bonchev–Trinajstić information content (AvgIpc) is 2.94. The topological polar surface area (TPSA) is 60.9 Å². The molecule has 1 aromatic rings. The van der Waals surface area contributed by atoms with Crippen molar-refractivity contribution in [1.29, 1.82) is 0 Å². The molecule has 142 valence electrons. The number of halogens is 1. The summed E-state index contributed by atoms with van der Waals surface area (Å²) in [5.74, 6) is 0.100. The van der Waals surface area contributed by atoms with E-state index in [2.05, 4.69) is 15.9 Å². The van der Waals surface area contributed by atoms with E-state index in [9.17, 15) is 13.2 Å². The second kappa shape index (κ2) is 8.47. The van der Waals surface area contributed by atoms with Gasteiger partial charge in [0.25, 0.3) is 10.0 Å². The number of hydrogen-bond acceptors (Lipinski definition) is 5. The zero-order chi connectivity index (χ0) is 18.8. The van der Waals surface area contributed by atoms with Gasteiger partial charge in [-0.1, -0.05) is 0 Å². The average molecular weight is 452 g/mol. The van der Waals surface area contributed by atoms with Crippen LogP contribution in [-0.2, 0) is 14.8 Å². The fourth-order valence-electron chi connectivity index (χ4n) is 3.14. The lowest BCUT2D eigenvalue weighted by Gasteiger charge is -2.36. The van der Waals surface area contributed by atoms with Crippen molar-refractivity contribution in [2.24, 2.45) is 0 Å². The van der Waals surface area contributed by atoms with Crippen LogP contribution >= 0.6 is 27.3 Å². The summed E-state index contributed by atoms with van der Waals surface area (Å²) in [6, 6.07) is 3.69. The Morgan fingerprint density at radius 1 is 1.16 bits per heavy atom. The van der Waals surface area contributed by atoms with Crippen molar-refractivity contribution in [2.75, 3.05) is 32.7 Å². The minimum Gasteiger partial charge on any atom is -0.337 e. The number of nitrogens with zero attached hydrogens (tertiary/aromatic N) is 3. The van der Waals surface area contributed by atoms with Gasteiger partial charge in [-0.2, -0.15) is 4.31 Å². The quantitative estimate of drug-likeness (QED) is 0.666. The molecular formula is C16H26BrN3O3S2. The van der Waals surface area contributed by atoms with E-state index in [-0.39, 0.29) is 18.0 Å². The van der Waals surface area contributed by atoms with Crippen molar-refractivity contribution in [1.82, 2.24) is 14.1 Å². The highest BCUT2D eigenvalue weighted by Crippen LogP contribution is 2.28. The molecule has 1 aromatic heterocycles. The molecule has 0 aromatic carbocycles. The highest BCUT2D eigenvalue weighted by molar-refractivity contribution is 9.11. The molecule has 1 aliphatic rings. The lowest BCUT2D eigenvalue weighted by molar-refractivity contribution is -0.136. The molecule has 1 fully saturated rings. The number of amides is 1. The lowest BCUT2D eigenvalue weighted by atomic mass is 10.2. The Balaban J connectivity index is 1.94. The highest BCUT2D eigenvalue weighted by atomic mass is 79.9. The van der Waals surface area contributed by atoms with Crippen molar-refractivity contribution < 1.29 is 13.2 Å². The van der Waals surface area contributed by atoms with E-state index in [4.69, 9.17) is 0 Å². The van der Waals surface area contributed by atoms with Crippen molar-refractivity contribution >= 4 is 43.2 Å². The highest BCUT2D eigenvalue weighted by Gasteiger charge is 2.31. The number of piperazine rings is 1. The van der Waals surface area contributed by atoms with Gasteiger partial charge in [-0.05, 0) is 55.8 Å². The van der Waals surface area contributed by atoms with E-state index in [1.165, 1.54) is 15.6 Å². The van der Waals surface area contributed by atoms with Gasteiger partial charge in [0, 0.05) is 38.3 Å². The molecular weight excluding hydrogens is 426 g/mol. The summed E-state index contributed by atoms with van der Waals surface area (Å²) in [6.45, 7) is 10.4. The number of carbonyl (C=O) groups excluding carboxylic acids is 1. The molecule has 0 bridgehead atoms. The van der Waals surface area contributed by atoms with Crippen LogP contribution in [0.1, 0.15) is 27.7 Å². The predicted octanol–water partition coefficient (Wildman–Crippen LogP) is 2.46. The standard InChI is InChI=1S/C16H26BrN3O3S2/c1-12(2)20(13(3)4)15(21)11-18-7-9-19(10-8-18)25(22,23)16-6-5-14(17)24-16/h5-6,12-13H,7-11H2,1-4H3. The van der Waals surface area contributed by atoms with Gasteiger partial charge in [0.05, 0.1) is 10.3 Å². The van der Waals surface area contributed by atoms with Crippen LogP contribution in [0.4, 0.5) is 0 Å². The maximum atomic E-state index is 12.6. The maximum absolute atomic E-state index is 12.6. The first kappa shape index (κ1) is 20.8. The Kier molecular flexibility index (Phi) is 7.06. The molecule has 0 radical (unpaired) electrons. The summed E-state index contributed by atoms with van der Waals surface area (Å²) in [4.78, 5) is 16.5. The van der Waals surface area contributed by atoms with Gasteiger partial charge in [0.2, 0.25) is 5.91 Å². The minimum absolute atomic E-state index is 0.100. The van der Waals surface area contributed by atoms with Gasteiger partial charge in [0.15, 0.2) is 0 Å². The summed E-state index contributed by atoms with van der Waals surface area (Å²) in [7, 11) is -3.44. The molecule has 1 aliphatic heterocycles. The largest absolute Gasteiger partial charge is 0.337 e. The fourth-order valence-corrected chi connectivity index (χ4v) is 6.72. The number of thiophene rings is 1. The summed E-state index contributed by atoms with van der Waals surface area (Å²) in [5.41, 5.74) is 0. The Morgan fingerprint density at radius 2 is 1.72 bits per heavy atom. The van der Waals surface area contributed by atoms with Gasteiger partial charge in [0.1, 0.15) is 4.21 Å². The molecule has 0 unspecified atom stereocenters. The molecule has 1 saturated heterocycles. The first-order valence-corrected chi connectivity index (χ1v) is 11.5. The van der Waals surface area contributed by atoms with Crippen LogP contribution < -0.4 is 0 Å². The first-order valence-electron chi connectivity index (χ1n) is 8.42. The molecule has 6 nitrogen and oxygen atoms in total. The van der Waals surface area contributed by atoms with Gasteiger partial charge in [-0.3, -0.25) is 9.69 Å². The van der Waals surface area contributed by atoms with E-state index in [1.807, 2.05) is 37.5 Å². The number of hydrogen-bond donors (Lipinski definition) is 0. The molecule has 9 heteroatoms. The van der Waals surface area contributed by atoms with Crippen LogP contribution in [0.25, 0.3) is 0 Å². The van der Waals surface area contributed by atoms with Crippen molar-refractivity contribution in [3.8, 4) is 0 Å². The maximum Gasteiger partial charge on any atom is 0.252 e. The van der Waals surface area contributed by atoms with E-state index >= 15 is 0 Å². The fraction of sp³-hybridized carbons (Fsp3) is 0.688. The summed E-state index contributed by atoms with van der Waals surface area (Å²) in [5, 5.41) is 0. The van der Waals surface area contributed by atoms with E-state index in [1.54, 1.807) is 12.1 Å². The molecule has 0 N–H and O–H groups in total. The predicted molar refractivity (Wildman–Crippen MR) is 104 cm³/mol. The number of sulfonamides is 1. The summed E-state index contributed by atoms with van der Waals surface area (Å²) >= 11 is 4.53. The molecule has 0 atom stereocenters. The monoisotopic (exact) mass is 451 g/mol. The SMILES string of the molecule is CC(C)N(C(=O)CN1CCN(S(=O)(=O)c2ccc(Br)s2)CC1)C(C)C. The Hall–Kier alpha value is -0.480. The van der Waals surface area contributed by atoms with Crippen LogP contribution in [-0.4, -0.2) is 73.2 Å². The molecule has 0 aliphatic carbocycles. The Labute approximate surface area is 163 Å². The molecule has 0 saturated carbocycles. The number of rotatable bonds is 6. The summed E-state index contributed by atoms with van der Waals surface area (Å²) < 4.78 is 27.9. The molecule has 0 spiro atoms. The smallest absolute Gasteiger partial charge is 0.252 e. The third kappa shape index (κ3) is 5.03. The van der Waals surface area contributed by atoms with Gasteiger partial charge < -0.3 is 4.90 Å². The van der Waals surface area contributed by atoms with Gasteiger partial charge in [-0.25, -0.2) is 8.42 Å². The third-order valence-electron chi connectivity index (χ3n) is 4.23. The van der Waals surface area contributed by atoms with E-state index < -0.39 is 10.0 Å². The van der Waals surface area contributed by atoms with Crippen LogP contribution in [0.15, 0.2) is 20.1 Å². The Bertz CT molecular complexity index is 687. The van der Waals surface area contributed by atoms with Crippen molar-refractivity contribution in [3.05, 3.63) is 15.9 Å². The normalized spacial score (nSPS) is 17.4. The molecule has 2 rings (SSSR count). The number of carbonyl (C=O) groups is 1. The van der Waals surface area contributed by atoms with Gasteiger partial charge in [-0.15, -0.1) is 11.3 Å². The van der Waals surface area contributed by atoms with E-state index in [0.717, 1.165) is 3.79 Å². The second-order valence-electron chi connectivity index (χ2n) is 6.73. The summed E-state index contributed by atoms with van der Waals surface area (Å²) in [6.07, 6.45) is 0. The van der Waals surface area contributed by atoms with Crippen LogP contribution in [0.2, 0.25) is 0 Å². The molecule has 25 heavy (non-hydrogen) atoms. The molecule has 2 heterocycles. The first-order chi connectivity index (χ1) is 11.6. The van der Waals surface area contributed by atoms with Crippen LogP contribution in [0, 0.1) is 0 Å². The van der Waals surface area contributed by atoms with Crippen molar-refractivity contribution in [2.45, 2.75) is 44.0 Å². The minimum atomic E-state index is -3.44. The van der Waals surface area contributed by atoms with Crippen LogP contribution in [0.5, 0.6) is 0 Å². The molecule has 1 amide bonds. The van der Waals surface area contributed by atoms with Crippen LogP contribution in [0.3, 0.4) is 0 Å². The lowest BCUT2D eigenvalue weighted by Crippen LogP contribution is -2.53. The Morgan fingerprint density at radius 3 is 2.16 bits per heavy atom.